The van der Waals surface area contributed by atoms with Crippen LogP contribution in [0.4, 0.5) is 14.9 Å². The van der Waals surface area contributed by atoms with Crippen LogP contribution in [-0.4, -0.2) is 84.7 Å². The number of aliphatic hydroxyl groups is 1. The number of esters is 1. The molecule has 0 radical (unpaired) electrons. The monoisotopic (exact) mass is 732 g/mol. The Kier molecular flexibility index (Phi) is 11.9. The number of nitriles is 1. The van der Waals surface area contributed by atoms with E-state index in [2.05, 4.69) is 21.5 Å². The molecule has 51 heavy (non-hydrogen) atoms. The van der Waals surface area contributed by atoms with Gasteiger partial charge in [0.1, 0.15) is 37.7 Å². The van der Waals surface area contributed by atoms with Crippen LogP contribution in [0, 0.1) is 17.1 Å². The molecule has 0 saturated heterocycles. The Morgan fingerprint density at radius 1 is 1.16 bits per heavy atom. The van der Waals surface area contributed by atoms with Crippen molar-refractivity contribution in [1.82, 2.24) is 9.88 Å². The zero-order valence-electron chi connectivity index (χ0n) is 28.1. The number of anilines is 1. The molecular formula is C36H36ClFN7O5S+. The van der Waals surface area contributed by atoms with Crippen molar-refractivity contribution in [3.05, 3.63) is 105 Å². The van der Waals surface area contributed by atoms with Gasteiger partial charge in [0.05, 0.1) is 34.6 Å². The molecule has 1 aliphatic heterocycles. The first kappa shape index (κ1) is 37.2. The number of carbonyl (C=O) groups is 2. The van der Waals surface area contributed by atoms with Gasteiger partial charge in [-0.25, -0.2) is 14.2 Å². The summed E-state index contributed by atoms with van der Waals surface area (Å²) in [4.78, 5) is 35.7. The summed E-state index contributed by atoms with van der Waals surface area (Å²) in [5.41, 5.74) is 1.44. The average molecular weight is 733 g/mol. The number of likely N-dealkylation sites (N-methyl/N-ethyl adjacent to an activating group) is 1. The van der Waals surface area contributed by atoms with Gasteiger partial charge in [-0.1, -0.05) is 54.0 Å². The SMILES string of the molecule is C[C@@H](c1nc(-c2ccc(C#N)cc2)cs1)[C@](O)(C[N+]1(CCOC(=O)Nc2cc(Cl)ccc2COC(=O)CN(C)C)C=NC=N1)c1cccc(F)c1. The molecular weight excluding hydrogens is 697 g/mol. The number of nitrogens with one attached hydrogen (secondary N) is 1. The fraction of sp³-hybridized carbons (Fsp3) is 0.278. The van der Waals surface area contributed by atoms with Crippen molar-refractivity contribution in [2.45, 2.75) is 25.0 Å². The predicted molar refractivity (Wildman–Crippen MR) is 193 cm³/mol. The van der Waals surface area contributed by atoms with Crippen molar-refractivity contribution in [3.8, 4) is 17.3 Å². The summed E-state index contributed by atoms with van der Waals surface area (Å²) in [5.74, 6) is -1.60. The molecule has 4 aromatic rings. The lowest BCUT2D eigenvalue weighted by molar-refractivity contribution is -0.848. The van der Waals surface area contributed by atoms with E-state index in [-0.39, 0.29) is 37.4 Å². The maximum Gasteiger partial charge on any atom is 0.411 e. The standard InChI is InChI=1S/C36H35ClFN7O5S/c1-24(34-42-32(20-51-34)26-9-7-25(17-39)8-10-26)36(48,28-5-4-6-30(38)15-28)21-45(23-40-22-41-45)13-14-49-35(47)43-31-16-29(37)12-11-27(31)19-50-33(46)18-44(2)3/h4-12,15-16,20,22-24,48H,13-14,18-19,21H2,1-3H3/p+1/t24-,36+,45?/m0/s1. The van der Waals surface area contributed by atoms with Gasteiger partial charge in [0.15, 0.2) is 6.34 Å². The Balaban J connectivity index is 1.31. The third-order valence-electron chi connectivity index (χ3n) is 8.24. The van der Waals surface area contributed by atoms with Crippen LogP contribution in [-0.2, 0) is 26.5 Å². The van der Waals surface area contributed by atoms with E-state index in [0.29, 0.717) is 38.1 Å². The van der Waals surface area contributed by atoms with Gasteiger partial charge in [-0.15, -0.1) is 15.9 Å². The van der Waals surface area contributed by atoms with Gasteiger partial charge in [-0.2, -0.15) is 10.3 Å². The molecule has 3 aromatic carbocycles. The number of halogens is 2. The quantitative estimate of drug-likeness (QED) is 0.116. The number of nitrogens with zero attached hydrogens (tertiary/aromatic N) is 6. The highest BCUT2D eigenvalue weighted by atomic mass is 35.5. The second-order valence-corrected chi connectivity index (χ2v) is 13.6. The number of quaternary nitrogens is 1. The minimum absolute atomic E-state index is 0.0800. The number of aromatic nitrogens is 1. The molecule has 2 heterocycles. The Hall–Kier alpha value is -5.04. The fourth-order valence-electron chi connectivity index (χ4n) is 5.48. The lowest BCUT2D eigenvalue weighted by atomic mass is 9.81. The molecule has 12 nitrogen and oxygen atoms in total. The van der Waals surface area contributed by atoms with Crippen molar-refractivity contribution >= 4 is 53.4 Å². The van der Waals surface area contributed by atoms with E-state index < -0.39 is 29.4 Å². The predicted octanol–water partition coefficient (Wildman–Crippen LogP) is 6.12. The number of rotatable bonds is 14. The highest BCUT2D eigenvalue weighted by Crippen LogP contribution is 2.41. The van der Waals surface area contributed by atoms with Crippen LogP contribution in [0.3, 0.4) is 0 Å². The third kappa shape index (κ3) is 9.40. The normalized spacial score (nSPS) is 16.7. The van der Waals surface area contributed by atoms with E-state index in [4.69, 9.17) is 31.3 Å². The van der Waals surface area contributed by atoms with Gasteiger partial charge in [-0.05, 0) is 56.1 Å². The molecule has 15 heteroatoms. The van der Waals surface area contributed by atoms with E-state index in [0.717, 1.165) is 5.56 Å². The molecule has 2 N–H and O–H groups in total. The van der Waals surface area contributed by atoms with Gasteiger partial charge in [-0.3, -0.25) is 15.0 Å². The number of carbonyl (C=O) groups excluding carboxylic acids is 2. The van der Waals surface area contributed by atoms with Crippen molar-refractivity contribution in [2.24, 2.45) is 10.1 Å². The minimum atomic E-state index is -1.71. The van der Waals surface area contributed by atoms with Crippen LogP contribution in [0.5, 0.6) is 0 Å². The molecule has 0 bridgehead atoms. The average Bonchev–Trinajstić information content (AvgIpc) is 3.78. The zero-order chi connectivity index (χ0) is 36.6. The number of ether oxygens (including phenoxy) is 2. The molecule has 264 valence electrons. The molecule has 1 unspecified atom stereocenters. The smallest absolute Gasteiger partial charge is 0.411 e. The third-order valence-corrected chi connectivity index (χ3v) is 9.50. The number of thiazole rings is 1. The maximum atomic E-state index is 14.6. The van der Waals surface area contributed by atoms with Crippen LogP contribution in [0.1, 0.15) is 34.5 Å². The molecule has 1 amide bonds. The van der Waals surface area contributed by atoms with Crippen LogP contribution in [0.15, 0.2) is 82.2 Å². The lowest BCUT2D eigenvalue weighted by Gasteiger charge is -2.38. The molecule has 0 spiro atoms. The number of benzene rings is 3. The number of amides is 1. The summed E-state index contributed by atoms with van der Waals surface area (Å²) in [6.45, 7) is 1.67. The molecule has 0 saturated carbocycles. The lowest BCUT2D eigenvalue weighted by Crippen LogP contribution is -2.53. The summed E-state index contributed by atoms with van der Waals surface area (Å²) >= 11 is 7.53. The van der Waals surface area contributed by atoms with Gasteiger partial charge in [0.2, 0.25) is 6.34 Å². The van der Waals surface area contributed by atoms with Gasteiger partial charge < -0.3 is 14.6 Å². The van der Waals surface area contributed by atoms with Gasteiger partial charge >= 0.3 is 12.1 Å². The zero-order valence-corrected chi connectivity index (χ0v) is 29.7. The van der Waals surface area contributed by atoms with E-state index in [9.17, 15) is 19.1 Å². The van der Waals surface area contributed by atoms with E-state index in [1.54, 1.807) is 61.5 Å². The van der Waals surface area contributed by atoms with Gasteiger partial charge in [0, 0.05) is 27.4 Å². The first-order valence-corrected chi connectivity index (χ1v) is 17.1. The summed E-state index contributed by atoms with van der Waals surface area (Å²) in [6.07, 6.45) is 2.08. The Morgan fingerprint density at radius 3 is 2.63 bits per heavy atom. The Morgan fingerprint density at radius 2 is 1.94 bits per heavy atom. The minimum Gasteiger partial charge on any atom is -0.460 e. The van der Waals surface area contributed by atoms with Crippen LogP contribution < -0.4 is 5.32 Å². The van der Waals surface area contributed by atoms with Crippen molar-refractivity contribution in [3.63, 3.8) is 0 Å². The summed E-state index contributed by atoms with van der Waals surface area (Å²) in [6, 6.07) is 19.7. The molecule has 1 aliphatic rings. The molecule has 0 fully saturated rings. The van der Waals surface area contributed by atoms with E-state index >= 15 is 0 Å². The van der Waals surface area contributed by atoms with Gasteiger partial charge in [0.25, 0.3) is 0 Å². The Bertz CT molecular complexity index is 1970. The van der Waals surface area contributed by atoms with Crippen LogP contribution in [0.2, 0.25) is 5.02 Å². The largest absolute Gasteiger partial charge is 0.460 e. The number of hydrogen-bond donors (Lipinski definition) is 2. The van der Waals surface area contributed by atoms with E-state index in [1.165, 1.54) is 48.3 Å². The van der Waals surface area contributed by atoms with Crippen molar-refractivity contribution < 1.29 is 33.2 Å². The summed E-state index contributed by atoms with van der Waals surface area (Å²) in [5, 5.41) is 31.7. The second kappa shape index (κ2) is 16.3. The Labute approximate surface area is 303 Å². The van der Waals surface area contributed by atoms with Crippen LogP contribution >= 0.6 is 22.9 Å². The molecule has 0 aliphatic carbocycles. The fourth-order valence-corrected chi connectivity index (χ4v) is 6.62. The molecule has 5 rings (SSSR count). The van der Waals surface area contributed by atoms with Crippen molar-refractivity contribution in [1.29, 1.82) is 5.26 Å². The van der Waals surface area contributed by atoms with Crippen molar-refractivity contribution in [2.75, 3.05) is 45.7 Å². The highest BCUT2D eigenvalue weighted by Gasteiger charge is 2.48. The number of hydrogen-bond acceptors (Lipinski definition) is 11. The second-order valence-electron chi connectivity index (χ2n) is 12.2. The number of aliphatic imine (C=N–C) groups is 1. The first-order valence-electron chi connectivity index (χ1n) is 15.8. The van der Waals surface area contributed by atoms with E-state index in [1.807, 2.05) is 12.3 Å². The topological polar surface area (TPSA) is 150 Å². The molecule has 3 atom stereocenters. The maximum absolute atomic E-state index is 14.6. The van der Waals surface area contributed by atoms with Crippen LogP contribution in [0.25, 0.3) is 11.3 Å². The molecule has 1 aromatic heterocycles. The summed E-state index contributed by atoms with van der Waals surface area (Å²) < 4.78 is 25.2. The first-order chi connectivity index (χ1) is 24.4. The highest BCUT2D eigenvalue weighted by molar-refractivity contribution is 7.10. The summed E-state index contributed by atoms with van der Waals surface area (Å²) in [7, 11) is 3.49.